The van der Waals surface area contributed by atoms with Gasteiger partial charge in [0.25, 0.3) is 10.0 Å². The normalized spacial score (nSPS) is 10.9. The molecule has 0 aliphatic heterocycles. The molecule has 0 fully saturated rings. The second-order valence-electron chi connectivity index (χ2n) is 6.61. The summed E-state index contributed by atoms with van der Waals surface area (Å²) in [5.41, 5.74) is 2.15. The maximum absolute atomic E-state index is 12.4. The van der Waals surface area contributed by atoms with Gasteiger partial charge in [0.1, 0.15) is 5.75 Å². The lowest BCUT2D eigenvalue weighted by atomic mass is 10.2. The zero-order valence-corrected chi connectivity index (χ0v) is 17.2. The Kier molecular flexibility index (Phi) is 6.17. The number of para-hydroxylation sites is 1. The van der Waals surface area contributed by atoms with Gasteiger partial charge in [-0.1, -0.05) is 42.0 Å². The number of urea groups is 1. The summed E-state index contributed by atoms with van der Waals surface area (Å²) < 4.78 is 31.9. The van der Waals surface area contributed by atoms with Crippen LogP contribution in [0.3, 0.4) is 0 Å². The summed E-state index contributed by atoms with van der Waals surface area (Å²) in [7, 11) is -4.02. The first-order chi connectivity index (χ1) is 14.2. The van der Waals surface area contributed by atoms with Crippen LogP contribution in [-0.2, 0) is 10.0 Å². The van der Waals surface area contributed by atoms with Crippen molar-refractivity contribution in [2.24, 2.45) is 0 Å². The quantitative estimate of drug-likeness (QED) is 0.476. The van der Waals surface area contributed by atoms with Crippen LogP contribution in [0, 0.1) is 13.8 Å². The van der Waals surface area contributed by atoms with Crippen molar-refractivity contribution >= 4 is 27.7 Å². The topological polar surface area (TPSA) is 102 Å². The minimum atomic E-state index is -4.02. The number of carbonyl (C=O) groups is 2. The molecular formula is C22H20N2O5S. The van der Waals surface area contributed by atoms with Crippen LogP contribution in [-0.4, -0.2) is 20.4 Å². The molecule has 0 bridgehead atoms. The molecule has 0 aliphatic rings. The first-order valence-corrected chi connectivity index (χ1v) is 10.5. The summed E-state index contributed by atoms with van der Waals surface area (Å²) >= 11 is 0. The highest BCUT2D eigenvalue weighted by Gasteiger charge is 2.18. The largest absolute Gasteiger partial charge is 0.423 e. The molecule has 0 aliphatic carbocycles. The lowest BCUT2D eigenvalue weighted by molar-refractivity contribution is 0.0733. The zero-order valence-electron chi connectivity index (χ0n) is 16.4. The van der Waals surface area contributed by atoms with Crippen LogP contribution in [0.2, 0.25) is 0 Å². The van der Waals surface area contributed by atoms with Crippen molar-refractivity contribution in [3.8, 4) is 5.75 Å². The third kappa shape index (κ3) is 5.24. The van der Waals surface area contributed by atoms with Gasteiger partial charge in [-0.25, -0.2) is 22.7 Å². The lowest BCUT2D eigenvalue weighted by Gasteiger charge is -2.10. The Balaban J connectivity index is 1.68. The van der Waals surface area contributed by atoms with Crippen molar-refractivity contribution in [2.75, 3.05) is 5.32 Å². The first-order valence-electron chi connectivity index (χ1n) is 9.03. The number of hydrogen-bond acceptors (Lipinski definition) is 5. The van der Waals surface area contributed by atoms with Gasteiger partial charge in [-0.15, -0.1) is 0 Å². The molecule has 0 heterocycles. The molecule has 2 amide bonds. The van der Waals surface area contributed by atoms with E-state index in [4.69, 9.17) is 4.74 Å². The lowest BCUT2D eigenvalue weighted by Crippen LogP contribution is -2.34. The number of esters is 1. The van der Waals surface area contributed by atoms with Gasteiger partial charge in [0.2, 0.25) is 0 Å². The molecule has 0 radical (unpaired) electrons. The highest BCUT2D eigenvalue weighted by atomic mass is 32.2. The highest BCUT2D eigenvalue weighted by molar-refractivity contribution is 7.90. The Labute approximate surface area is 174 Å². The van der Waals surface area contributed by atoms with Crippen molar-refractivity contribution < 1.29 is 22.7 Å². The van der Waals surface area contributed by atoms with Crippen LogP contribution in [0.4, 0.5) is 10.5 Å². The minimum absolute atomic E-state index is 0.0289. The second-order valence-corrected chi connectivity index (χ2v) is 8.29. The molecule has 7 nitrogen and oxygen atoms in total. The van der Waals surface area contributed by atoms with E-state index in [9.17, 15) is 18.0 Å². The molecule has 2 N–H and O–H groups in total. The van der Waals surface area contributed by atoms with Gasteiger partial charge in [-0.05, 0) is 55.8 Å². The summed E-state index contributed by atoms with van der Waals surface area (Å²) in [6.07, 6.45) is 0. The number of rotatable bonds is 5. The molecule has 0 unspecified atom stereocenters. The molecule has 0 saturated carbocycles. The Morgan fingerprint density at radius 2 is 1.57 bits per heavy atom. The first kappa shape index (κ1) is 21.1. The van der Waals surface area contributed by atoms with Gasteiger partial charge in [-0.2, -0.15) is 0 Å². The zero-order chi connectivity index (χ0) is 21.7. The average Bonchev–Trinajstić information content (AvgIpc) is 2.69. The van der Waals surface area contributed by atoms with Crippen LogP contribution in [0.1, 0.15) is 21.5 Å². The standard InChI is InChI=1S/C22H20N2O5S/c1-15-10-12-19(13-11-15)30(27,28)24-22(26)23-18-8-5-7-17(14-18)21(25)29-20-9-4-3-6-16(20)2/h3-14H,1-2H3,(H2,23,24,26). The molecule has 3 aromatic carbocycles. The number of amides is 2. The number of carbonyl (C=O) groups excluding carboxylic acids is 2. The molecule has 8 heteroatoms. The van der Waals surface area contributed by atoms with E-state index in [1.54, 1.807) is 30.3 Å². The Morgan fingerprint density at radius 3 is 2.27 bits per heavy atom. The fraction of sp³-hybridized carbons (Fsp3) is 0.0909. The van der Waals surface area contributed by atoms with Crippen LogP contribution in [0.25, 0.3) is 0 Å². The van der Waals surface area contributed by atoms with Crippen molar-refractivity contribution in [1.82, 2.24) is 4.72 Å². The van der Waals surface area contributed by atoms with E-state index in [0.717, 1.165) is 11.1 Å². The van der Waals surface area contributed by atoms with Gasteiger partial charge < -0.3 is 10.1 Å². The highest BCUT2D eigenvalue weighted by Crippen LogP contribution is 2.19. The van der Waals surface area contributed by atoms with Crippen molar-refractivity contribution in [3.63, 3.8) is 0 Å². The maximum atomic E-state index is 12.4. The van der Waals surface area contributed by atoms with Gasteiger partial charge in [0.15, 0.2) is 0 Å². The summed E-state index contributed by atoms with van der Waals surface area (Å²) in [6, 6.07) is 18.3. The van der Waals surface area contributed by atoms with Gasteiger partial charge in [0, 0.05) is 5.69 Å². The monoisotopic (exact) mass is 424 g/mol. The predicted molar refractivity (Wildman–Crippen MR) is 113 cm³/mol. The van der Waals surface area contributed by atoms with Crippen molar-refractivity contribution in [1.29, 1.82) is 0 Å². The Hall–Kier alpha value is -3.65. The number of ether oxygens (including phenoxy) is 1. The van der Waals surface area contributed by atoms with E-state index in [-0.39, 0.29) is 16.1 Å². The van der Waals surface area contributed by atoms with E-state index >= 15 is 0 Å². The van der Waals surface area contributed by atoms with Gasteiger partial charge in [0.05, 0.1) is 10.5 Å². The number of benzene rings is 3. The molecular weight excluding hydrogens is 404 g/mol. The maximum Gasteiger partial charge on any atom is 0.343 e. The summed E-state index contributed by atoms with van der Waals surface area (Å²) in [5.74, 6) is -0.163. The summed E-state index contributed by atoms with van der Waals surface area (Å²) in [4.78, 5) is 24.5. The summed E-state index contributed by atoms with van der Waals surface area (Å²) in [5, 5.41) is 2.41. The molecule has 0 spiro atoms. The van der Waals surface area contributed by atoms with E-state index < -0.39 is 22.0 Å². The van der Waals surface area contributed by atoms with Gasteiger partial charge in [-0.3, -0.25) is 0 Å². The number of anilines is 1. The second kappa shape index (κ2) is 8.79. The summed E-state index contributed by atoms with van der Waals surface area (Å²) in [6.45, 7) is 3.65. The molecule has 0 atom stereocenters. The van der Waals surface area contributed by atoms with E-state index in [2.05, 4.69) is 5.32 Å². The smallest absolute Gasteiger partial charge is 0.343 e. The fourth-order valence-corrected chi connectivity index (χ4v) is 3.52. The number of sulfonamides is 1. The molecule has 0 saturated heterocycles. The third-order valence-corrected chi connectivity index (χ3v) is 5.56. The SMILES string of the molecule is Cc1ccc(S(=O)(=O)NC(=O)Nc2cccc(C(=O)Oc3ccccc3C)c2)cc1. The fourth-order valence-electron chi connectivity index (χ4n) is 2.61. The van der Waals surface area contributed by atoms with Crippen molar-refractivity contribution in [3.05, 3.63) is 89.5 Å². The van der Waals surface area contributed by atoms with Crippen LogP contribution >= 0.6 is 0 Å². The molecule has 30 heavy (non-hydrogen) atoms. The number of nitrogens with one attached hydrogen (secondary N) is 2. The predicted octanol–water partition coefficient (Wildman–Crippen LogP) is 4.03. The van der Waals surface area contributed by atoms with E-state index in [1.807, 2.05) is 30.7 Å². The molecule has 0 aromatic heterocycles. The average molecular weight is 424 g/mol. The van der Waals surface area contributed by atoms with Crippen LogP contribution < -0.4 is 14.8 Å². The van der Waals surface area contributed by atoms with Crippen LogP contribution in [0.15, 0.2) is 77.7 Å². The van der Waals surface area contributed by atoms with E-state index in [0.29, 0.717) is 5.75 Å². The Morgan fingerprint density at radius 1 is 0.867 bits per heavy atom. The van der Waals surface area contributed by atoms with E-state index in [1.165, 1.54) is 30.3 Å². The number of hydrogen-bond donors (Lipinski definition) is 2. The van der Waals surface area contributed by atoms with Crippen LogP contribution in [0.5, 0.6) is 5.75 Å². The third-order valence-electron chi connectivity index (χ3n) is 4.21. The van der Waals surface area contributed by atoms with Gasteiger partial charge >= 0.3 is 12.0 Å². The molecule has 154 valence electrons. The molecule has 3 aromatic rings. The molecule has 3 rings (SSSR count). The van der Waals surface area contributed by atoms with Crippen molar-refractivity contribution in [2.45, 2.75) is 18.7 Å². The number of aryl methyl sites for hydroxylation is 2. The minimum Gasteiger partial charge on any atom is -0.423 e. The Bertz CT molecular complexity index is 1190.